The van der Waals surface area contributed by atoms with E-state index in [9.17, 15) is 18.0 Å². The molecule has 2 rings (SSSR count). The Morgan fingerprint density at radius 1 is 1.33 bits per heavy atom. The summed E-state index contributed by atoms with van der Waals surface area (Å²) >= 11 is 0. The molecule has 2 aliphatic heterocycles. The predicted molar refractivity (Wildman–Crippen MR) is 53.0 cm³/mol. The number of nitrogens with zero attached hydrogens (tertiary/aromatic N) is 1. The number of carbonyl (C=O) groups is 2. The molecule has 2 fully saturated rings. The summed E-state index contributed by atoms with van der Waals surface area (Å²) in [6.07, 6.45) is 0.365. The summed E-state index contributed by atoms with van der Waals surface area (Å²) in [5, 5.41) is 0. The molecule has 0 spiro atoms. The summed E-state index contributed by atoms with van der Waals surface area (Å²) in [5.41, 5.74) is -0.665. The van der Waals surface area contributed by atoms with Crippen LogP contribution in [0, 0.1) is 0 Å². The SMILES string of the molecule is CC1(N2CC(=O)CC2=O)CCS(=O)(=O)C1. The molecule has 15 heavy (non-hydrogen) atoms. The molecular weight excluding hydrogens is 218 g/mol. The zero-order chi connectivity index (χ0) is 11.3. The molecule has 0 aromatic carbocycles. The first-order chi connectivity index (χ1) is 6.82. The van der Waals surface area contributed by atoms with Gasteiger partial charge in [0, 0.05) is 0 Å². The van der Waals surface area contributed by atoms with E-state index in [4.69, 9.17) is 0 Å². The highest BCUT2D eigenvalue weighted by Gasteiger charge is 2.47. The third-order valence-corrected chi connectivity index (χ3v) is 5.01. The van der Waals surface area contributed by atoms with Crippen LogP contribution < -0.4 is 0 Å². The molecule has 2 heterocycles. The summed E-state index contributed by atoms with van der Waals surface area (Å²) in [6, 6.07) is 0. The third kappa shape index (κ3) is 1.78. The largest absolute Gasteiger partial charge is 0.329 e. The number of hydrogen-bond acceptors (Lipinski definition) is 4. The Labute approximate surface area is 88.4 Å². The summed E-state index contributed by atoms with van der Waals surface area (Å²) in [4.78, 5) is 24.0. The Morgan fingerprint density at radius 3 is 2.40 bits per heavy atom. The topological polar surface area (TPSA) is 71.5 Å². The first kappa shape index (κ1) is 10.6. The Kier molecular flexibility index (Phi) is 2.15. The summed E-state index contributed by atoms with van der Waals surface area (Å²) in [5.74, 6) is -0.259. The van der Waals surface area contributed by atoms with Crippen molar-refractivity contribution in [2.75, 3.05) is 18.1 Å². The van der Waals surface area contributed by atoms with E-state index in [2.05, 4.69) is 0 Å². The smallest absolute Gasteiger partial charge is 0.230 e. The number of ketones is 1. The number of hydrogen-bond donors (Lipinski definition) is 0. The molecule has 1 atom stereocenters. The maximum Gasteiger partial charge on any atom is 0.230 e. The molecule has 0 aliphatic carbocycles. The predicted octanol–water partition coefficient (Wildman–Crippen LogP) is -0.635. The van der Waals surface area contributed by atoms with Crippen LogP contribution in [0.15, 0.2) is 0 Å². The fraction of sp³-hybridized carbons (Fsp3) is 0.778. The van der Waals surface area contributed by atoms with Crippen molar-refractivity contribution in [1.29, 1.82) is 0 Å². The number of likely N-dealkylation sites (tertiary alicyclic amines) is 1. The van der Waals surface area contributed by atoms with E-state index in [0.29, 0.717) is 6.42 Å². The van der Waals surface area contributed by atoms with Crippen molar-refractivity contribution < 1.29 is 18.0 Å². The van der Waals surface area contributed by atoms with Crippen LogP contribution in [-0.2, 0) is 19.4 Å². The van der Waals surface area contributed by atoms with Crippen molar-refractivity contribution in [3.05, 3.63) is 0 Å². The fourth-order valence-corrected chi connectivity index (χ4v) is 4.43. The number of carbonyl (C=O) groups excluding carboxylic acids is 2. The molecule has 2 aliphatic rings. The Morgan fingerprint density at radius 2 is 2.00 bits per heavy atom. The van der Waals surface area contributed by atoms with Crippen molar-refractivity contribution in [1.82, 2.24) is 4.90 Å². The lowest BCUT2D eigenvalue weighted by Crippen LogP contribution is -2.48. The maximum atomic E-state index is 11.5. The van der Waals surface area contributed by atoms with Gasteiger partial charge in [0.15, 0.2) is 15.6 Å². The first-order valence-electron chi connectivity index (χ1n) is 4.85. The fourth-order valence-electron chi connectivity index (χ4n) is 2.28. The van der Waals surface area contributed by atoms with Gasteiger partial charge in [-0.2, -0.15) is 0 Å². The second-order valence-electron chi connectivity index (χ2n) is 4.53. The highest BCUT2D eigenvalue weighted by Crippen LogP contribution is 2.31. The van der Waals surface area contributed by atoms with Gasteiger partial charge in [-0.15, -0.1) is 0 Å². The van der Waals surface area contributed by atoms with Crippen LogP contribution in [0.3, 0.4) is 0 Å². The van der Waals surface area contributed by atoms with Crippen molar-refractivity contribution >= 4 is 21.5 Å². The highest BCUT2D eigenvalue weighted by atomic mass is 32.2. The van der Waals surface area contributed by atoms with E-state index in [-0.39, 0.29) is 36.2 Å². The van der Waals surface area contributed by atoms with Crippen molar-refractivity contribution in [2.24, 2.45) is 0 Å². The van der Waals surface area contributed by atoms with Crippen molar-refractivity contribution in [3.63, 3.8) is 0 Å². The molecule has 5 nitrogen and oxygen atoms in total. The van der Waals surface area contributed by atoms with Crippen LogP contribution in [0.25, 0.3) is 0 Å². The molecule has 0 saturated carbocycles. The molecule has 6 heteroatoms. The van der Waals surface area contributed by atoms with Gasteiger partial charge in [0.1, 0.15) is 0 Å². The lowest BCUT2D eigenvalue weighted by atomic mass is 10.00. The van der Waals surface area contributed by atoms with Gasteiger partial charge < -0.3 is 4.90 Å². The van der Waals surface area contributed by atoms with Gasteiger partial charge in [0.25, 0.3) is 0 Å². The average molecular weight is 231 g/mol. The number of rotatable bonds is 1. The lowest BCUT2D eigenvalue weighted by Gasteiger charge is -2.33. The monoisotopic (exact) mass is 231 g/mol. The molecule has 84 valence electrons. The first-order valence-corrected chi connectivity index (χ1v) is 6.67. The number of sulfone groups is 1. The van der Waals surface area contributed by atoms with E-state index >= 15 is 0 Å². The summed E-state index contributed by atoms with van der Waals surface area (Å²) in [6.45, 7) is 1.82. The number of amides is 1. The van der Waals surface area contributed by atoms with Crippen LogP contribution in [-0.4, -0.2) is 48.6 Å². The van der Waals surface area contributed by atoms with Crippen LogP contribution in [0.2, 0.25) is 0 Å². The van der Waals surface area contributed by atoms with E-state index in [1.54, 1.807) is 6.92 Å². The van der Waals surface area contributed by atoms with Gasteiger partial charge >= 0.3 is 0 Å². The van der Waals surface area contributed by atoms with E-state index in [1.165, 1.54) is 4.90 Å². The second-order valence-corrected chi connectivity index (χ2v) is 6.72. The molecule has 1 amide bonds. The molecule has 1 unspecified atom stereocenters. The van der Waals surface area contributed by atoms with Gasteiger partial charge in [-0.05, 0) is 13.3 Å². The van der Waals surface area contributed by atoms with Gasteiger partial charge in [-0.25, -0.2) is 8.42 Å². The van der Waals surface area contributed by atoms with E-state index in [0.717, 1.165) is 0 Å². The highest BCUT2D eigenvalue weighted by molar-refractivity contribution is 7.91. The molecule has 0 aromatic heterocycles. The summed E-state index contributed by atoms with van der Waals surface area (Å²) in [7, 11) is -3.04. The molecule has 2 saturated heterocycles. The third-order valence-electron chi connectivity index (χ3n) is 3.12. The Balaban J connectivity index is 2.25. The average Bonchev–Trinajstić information content (AvgIpc) is 2.54. The lowest BCUT2D eigenvalue weighted by molar-refractivity contribution is -0.131. The minimum Gasteiger partial charge on any atom is -0.329 e. The Hall–Kier alpha value is -0.910. The van der Waals surface area contributed by atoms with E-state index in [1.807, 2.05) is 0 Å². The van der Waals surface area contributed by atoms with Gasteiger partial charge in [0.2, 0.25) is 5.91 Å². The van der Waals surface area contributed by atoms with Crippen LogP contribution in [0.5, 0.6) is 0 Å². The Bertz CT molecular complexity index is 427. The van der Waals surface area contributed by atoms with Gasteiger partial charge in [-0.1, -0.05) is 0 Å². The van der Waals surface area contributed by atoms with Gasteiger partial charge in [-0.3, -0.25) is 9.59 Å². The number of Topliss-reactive ketones (excluding diaryl/α,β-unsaturated/α-hetero) is 1. The standard InChI is InChI=1S/C9H13NO4S/c1-9(2-3-15(13,14)6-9)10-5-7(11)4-8(10)12/h2-6H2,1H3. The van der Waals surface area contributed by atoms with E-state index < -0.39 is 15.4 Å². The molecule has 0 N–H and O–H groups in total. The molecular formula is C9H13NO4S. The van der Waals surface area contributed by atoms with Gasteiger partial charge in [0.05, 0.1) is 30.0 Å². The summed E-state index contributed by atoms with van der Waals surface area (Å²) < 4.78 is 22.7. The van der Waals surface area contributed by atoms with Crippen molar-refractivity contribution in [3.8, 4) is 0 Å². The van der Waals surface area contributed by atoms with Crippen LogP contribution in [0.4, 0.5) is 0 Å². The molecule has 0 aromatic rings. The van der Waals surface area contributed by atoms with Crippen LogP contribution in [0.1, 0.15) is 19.8 Å². The minimum atomic E-state index is -3.04. The zero-order valence-corrected chi connectivity index (χ0v) is 9.34. The quantitative estimate of drug-likeness (QED) is 0.563. The second kappa shape index (κ2) is 3.04. The molecule has 0 bridgehead atoms. The van der Waals surface area contributed by atoms with Crippen molar-refractivity contribution in [2.45, 2.75) is 25.3 Å². The zero-order valence-electron chi connectivity index (χ0n) is 8.52. The minimum absolute atomic E-state index is 0.0149. The maximum absolute atomic E-state index is 11.5. The molecule has 0 radical (unpaired) electrons. The normalized spacial score (nSPS) is 35.1. The van der Waals surface area contributed by atoms with Crippen LogP contribution >= 0.6 is 0 Å².